The molecule has 1 heterocycles. The van der Waals surface area contributed by atoms with E-state index in [0.29, 0.717) is 22.5 Å². The second-order valence-corrected chi connectivity index (χ2v) is 7.48. The third-order valence-electron chi connectivity index (χ3n) is 2.98. The van der Waals surface area contributed by atoms with Crippen molar-refractivity contribution in [2.75, 3.05) is 13.1 Å². The van der Waals surface area contributed by atoms with Crippen molar-refractivity contribution in [3.63, 3.8) is 0 Å². The van der Waals surface area contributed by atoms with Gasteiger partial charge < -0.3 is 5.32 Å². The molecule has 1 N–H and O–H groups in total. The summed E-state index contributed by atoms with van der Waals surface area (Å²) in [5.74, 6) is 0. The van der Waals surface area contributed by atoms with E-state index >= 15 is 0 Å². The summed E-state index contributed by atoms with van der Waals surface area (Å²) < 4.78 is 27.3. The minimum absolute atomic E-state index is 0.172. The van der Waals surface area contributed by atoms with Gasteiger partial charge in [-0.1, -0.05) is 12.1 Å². The van der Waals surface area contributed by atoms with Crippen LogP contribution in [0.15, 0.2) is 33.6 Å². The second kappa shape index (κ2) is 5.28. The molecule has 4 nitrogen and oxygen atoms in total. The maximum Gasteiger partial charge on any atom is 0.244 e. The molecule has 1 aliphatic rings. The van der Waals surface area contributed by atoms with Gasteiger partial charge in [0.25, 0.3) is 0 Å². The highest BCUT2D eigenvalue weighted by molar-refractivity contribution is 9.10. The van der Waals surface area contributed by atoms with Gasteiger partial charge in [0, 0.05) is 29.6 Å². The van der Waals surface area contributed by atoms with Crippen molar-refractivity contribution in [3.8, 4) is 0 Å². The minimum Gasteiger partial charge on any atom is -0.309 e. The Bertz CT molecular complexity index is 523. The van der Waals surface area contributed by atoms with Gasteiger partial charge in [0.2, 0.25) is 10.0 Å². The van der Waals surface area contributed by atoms with Crippen molar-refractivity contribution < 1.29 is 8.42 Å². The summed E-state index contributed by atoms with van der Waals surface area (Å²) >= 11 is 3.31. The van der Waals surface area contributed by atoms with E-state index in [0.717, 1.165) is 0 Å². The molecule has 0 unspecified atom stereocenters. The van der Waals surface area contributed by atoms with Crippen LogP contribution in [0.1, 0.15) is 13.8 Å². The number of hydrogen-bond donors (Lipinski definition) is 1. The fraction of sp³-hybridized carbons (Fsp3) is 0.500. The Morgan fingerprint density at radius 1 is 1.22 bits per heavy atom. The summed E-state index contributed by atoms with van der Waals surface area (Å²) in [4.78, 5) is 0.339. The first kappa shape index (κ1) is 14.0. The topological polar surface area (TPSA) is 49.4 Å². The average Bonchev–Trinajstić information content (AvgIpc) is 2.28. The number of benzene rings is 1. The molecular weight excluding hydrogens is 316 g/mol. The number of sulfonamides is 1. The van der Waals surface area contributed by atoms with E-state index in [1.165, 1.54) is 0 Å². The van der Waals surface area contributed by atoms with Crippen molar-refractivity contribution in [1.29, 1.82) is 0 Å². The van der Waals surface area contributed by atoms with Crippen molar-refractivity contribution in [2.45, 2.75) is 30.8 Å². The molecule has 6 heteroatoms. The van der Waals surface area contributed by atoms with E-state index in [2.05, 4.69) is 21.2 Å². The van der Waals surface area contributed by atoms with Gasteiger partial charge in [0.1, 0.15) is 0 Å². The predicted molar refractivity (Wildman–Crippen MR) is 75.0 cm³/mol. The minimum atomic E-state index is -3.41. The van der Waals surface area contributed by atoms with Crippen molar-refractivity contribution in [3.05, 3.63) is 28.7 Å². The Balaban J connectivity index is 2.34. The largest absolute Gasteiger partial charge is 0.309 e. The van der Waals surface area contributed by atoms with Gasteiger partial charge in [-0.25, -0.2) is 8.42 Å². The molecule has 2 atom stereocenters. The predicted octanol–water partition coefficient (Wildman–Crippen LogP) is 1.82. The molecule has 1 aliphatic heterocycles. The summed E-state index contributed by atoms with van der Waals surface area (Å²) in [6.45, 7) is 5.01. The monoisotopic (exact) mass is 332 g/mol. The number of rotatable bonds is 2. The van der Waals surface area contributed by atoms with Crippen LogP contribution in [0.4, 0.5) is 0 Å². The first-order chi connectivity index (χ1) is 8.41. The van der Waals surface area contributed by atoms with Crippen LogP contribution in [0.3, 0.4) is 0 Å². The van der Waals surface area contributed by atoms with E-state index in [4.69, 9.17) is 0 Å². The highest BCUT2D eigenvalue weighted by Gasteiger charge is 2.32. The molecule has 1 saturated heterocycles. The zero-order chi connectivity index (χ0) is 13.3. The lowest BCUT2D eigenvalue weighted by Gasteiger charge is -2.35. The van der Waals surface area contributed by atoms with Gasteiger partial charge in [0.15, 0.2) is 0 Å². The number of hydrogen-bond acceptors (Lipinski definition) is 3. The molecule has 0 aromatic heterocycles. The van der Waals surface area contributed by atoms with Gasteiger partial charge in [-0.2, -0.15) is 4.31 Å². The molecule has 0 spiro atoms. The summed E-state index contributed by atoms with van der Waals surface area (Å²) in [6.07, 6.45) is 0. The van der Waals surface area contributed by atoms with Crippen molar-refractivity contribution in [2.24, 2.45) is 0 Å². The van der Waals surface area contributed by atoms with Gasteiger partial charge in [-0.05, 0) is 41.9 Å². The summed E-state index contributed by atoms with van der Waals surface area (Å²) in [6, 6.07) is 7.29. The Kier molecular flexibility index (Phi) is 4.11. The summed E-state index contributed by atoms with van der Waals surface area (Å²) in [5, 5.41) is 3.33. The lowest BCUT2D eigenvalue weighted by Crippen LogP contribution is -2.55. The highest BCUT2D eigenvalue weighted by Crippen LogP contribution is 2.25. The van der Waals surface area contributed by atoms with Crippen LogP contribution in [0.25, 0.3) is 0 Å². The first-order valence-electron chi connectivity index (χ1n) is 5.92. The molecule has 0 amide bonds. The van der Waals surface area contributed by atoms with Crippen LogP contribution < -0.4 is 5.32 Å². The summed E-state index contributed by atoms with van der Waals surface area (Å²) in [5.41, 5.74) is 0. The zero-order valence-electron chi connectivity index (χ0n) is 10.4. The molecule has 100 valence electrons. The van der Waals surface area contributed by atoms with Crippen LogP contribution in [0.5, 0.6) is 0 Å². The van der Waals surface area contributed by atoms with E-state index in [9.17, 15) is 8.42 Å². The first-order valence-corrected chi connectivity index (χ1v) is 8.15. The standard InChI is InChI=1S/C12H17BrN2O2S/c1-9-7-15(8-10(2)14-9)18(16,17)12-6-4-3-5-11(12)13/h3-6,9-10,14H,7-8H2,1-2H3/t9-,10-/m1/s1. The molecule has 1 aromatic rings. The molecule has 0 saturated carbocycles. The Labute approximate surface area is 117 Å². The fourth-order valence-corrected chi connectivity index (χ4v) is 4.85. The second-order valence-electron chi connectivity index (χ2n) is 4.72. The van der Waals surface area contributed by atoms with Crippen LogP contribution in [0, 0.1) is 0 Å². The van der Waals surface area contributed by atoms with E-state index in [1.807, 2.05) is 19.9 Å². The number of piperazine rings is 1. The van der Waals surface area contributed by atoms with Crippen molar-refractivity contribution in [1.82, 2.24) is 9.62 Å². The Hall–Kier alpha value is -0.430. The molecule has 18 heavy (non-hydrogen) atoms. The molecule has 0 bridgehead atoms. The fourth-order valence-electron chi connectivity index (χ4n) is 2.27. The van der Waals surface area contributed by atoms with Crippen LogP contribution in [-0.4, -0.2) is 37.9 Å². The van der Waals surface area contributed by atoms with Gasteiger partial charge in [0.05, 0.1) is 4.90 Å². The maximum atomic E-state index is 12.6. The third-order valence-corrected chi connectivity index (χ3v) is 5.82. The van der Waals surface area contributed by atoms with Crippen LogP contribution in [-0.2, 0) is 10.0 Å². The highest BCUT2D eigenvalue weighted by atomic mass is 79.9. The van der Waals surface area contributed by atoms with E-state index in [1.54, 1.807) is 22.5 Å². The average molecular weight is 333 g/mol. The van der Waals surface area contributed by atoms with E-state index < -0.39 is 10.0 Å². The number of nitrogens with zero attached hydrogens (tertiary/aromatic N) is 1. The lowest BCUT2D eigenvalue weighted by atomic mass is 10.2. The molecule has 0 aliphatic carbocycles. The molecule has 2 rings (SSSR count). The van der Waals surface area contributed by atoms with Gasteiger partial charge in [-0.15, -0.1) is 0 Å². The molecule has 1 aromatic carbocycles. The normalized spacial score (nSPS) is 26.2. The lowest BCUT2D eigenvalue weighted by molar-refractivity contribution is 0.263. The number of halogens is 1. The smallest absolute Gasteiger partial charge is 0.244 e. The maximum absolute atomic E-state index is 12.6. The third kappa shape index (κ3) is 2.77. The summed E-state index contributed by atoms with van der Waals surface area (Å²) in [7, 11) is -3.41. The zero-order valence-corrected chi connectivity index (χ0v) is 12.8. The van der Waals surface area contributed by atoms with Crippen LogP contribution >= 0.6 is 15.9 Å². The molecule has 0 radical (unpaired) electrons. The van der Waals surface area contributed by atoms with Gasteiger partial charge in [-0.3, -0.25) is 0 Å². The molecular formula is C12H17BrN2O2S. The van der Waals surface area contributed by atoms with Crippen molar-refractivity contribution >= 4 is 26.0 Å². The Morgan fingerprint density at radius 3 is 2.33 bits per heavy atom. The molecule has 1 fully saturated rings. The quantitative estimate of drug-likeness (QED) is 0.898. The van der Waals surface area contributed by atoms with E-state index in [-0.39, 0.29) is 12.1 Å². The van der Waals surface area contributed by atoms with Gasteiger partial charge >= 0.3 is 0 Å². The number of nitrogens with one attached hydrogen (secondary N) is 1. The van der Waals surface area contributed by atoms with Crippen LogP contribution in [0.2, 0.25) is 0 Å². The SMILES string of the molecule is C[C@@H]1CN(S(=O)(=O)c2ccccc2Br)C[C@@H](C)N1. The Morgan fingerprint density at radius 2 is 1.78 bits per heavy atom.